The van der Waals surface area contributed by atoms with Crippen molar-refractivity contribution in [3.63, 3.8) is 0 Å². The highest BCUT2D eigenvalue weighted by atomic mass is 16.5. The maximum Gasteiger partial charge on any atom is 0.255 e. The van der Waals surface area contributed by atoms with E-state index in [2.05, 4.69) is 22.1 Å². The average Bonchev–Trinajstić information content (AvgIpc) is 2.60. The highest BCUT2D eigenvalue weighted by Crippen LogP contribution is 2.14. The quantitative estimate of drug-likeness (QED) is 0.627. The lowest BCUT2D eigenvalue weighted by molar-refractivity contribution is 0.0951. The molecule has 5 nitrogen and oxygen atoms in total. The first kappa shape index (κ1) is 18.3. The van der Waals surface area contributed by atoms with Crippen LogP contribution in [0.15, 0.2) is 36.4 Å². The molecule has 0 aliphatic rings. The van der Waals surface area contributed by atoms with Gasteiger partial charge in [0.25, 0.3) is 5.91 Å². The average molecular weight is 337 g/mol. The van der Waals surface area contributed by atoms with Crippen molar-refractivity contribution < 1.29 is 9.53 Å². The van der Waals surface area contributed by atoms with E-state index >= 15 is 0 Å². The van der Waals surface area contributed by atoms with Crippen LogP contribution in [0, 0.1) is 18.8 Å². The van der Waals surface area contributed by atoms with Crippen LogP contribution in [0.3, 0.4) is 0 Å². The van der Waals surface area contributed by atoms with Crippen molar-refractivity contribution in [3.05, 3.63) is 53.2 Å². The number of hydrogen-bond acceptors (Lipinski definition) is 4. The van der Waals surface area contributed by atoms with Crippen molar-refractivity contribution in [2.45, 2.75) is 33.2 Å². The molecule has 130 valence electrons. The van der Waals surface area contributed by atoms with Gasteiger partial charge in [-0.2, -0.15) is 0 Å². The molecule has 2 rings (SSSR count). The number of benzene rings is 1. The van der Waals surface area contributed by atoms with Crippen molar-refractivity contribution in [2.75, 3.05) is 12.3 Å². The van der Waals surface area contributed by atoms with Gasteiger partial charge in [0.1, 0.15) is 11.6 Å². The number of aryl methyl sites for hydroxylation is 1. The fraction of sp³-hybridized carbons (Fsp3) is 0.300. The van der Waals surface area contributed by atoms with Gasteiger partial charge >= 0.3 is 0 Å². The summed E-state index contributed by atoms with van der Waals surface area (Å²) in [5.41, 5.74) is 7.91. The van der Waals surface area contributed by atoms with Crippen LogP contribution >= 0.6 is 0 Å². The summed E-state index contributed by atoms with van der Waals surface area (Å²) in [7, 11) is 0. The monoisotopic (exact) mass is 337 g/mol. The van der Waals surface area contributed by atoms with Gasteiger partial charge in [-0.1, -0.05) is 25.0 Å². The van der Waals surface area contributed by atoms with Crippen LogP contribution in [0.2, 0.25) is 0 Å². The van der Waals surface area contributed by atoms with E-state index in [0.29, 0.717) is 25.1 Å². The Balaban J connectivity index is 1.90. The van der Waals surface area contributed by atoms with Gasteiger partial charge in [-0.3, -0.25) is 4.79 Å². The van der Waals surface area contributed by atoms with E-state index in [-0.39, 0.29) is 11.7 Å². The minimum atomic E-state index is -0.244. The highest BCUT2D eigenvalue weighted by molar-refractivity contribution is 5.98. The Kier molecular flexibility index (Phi) is 6.85. The number of rotatable bonds is 6. The maximum atomic E-state index is 12.2. The number of nitrogens with one attached hydrogen (secondary N) is 1. The Hall–Kier alpha value is -3.00. The van der Waals surface area contributed by atoms with Gasteiger partial charge in [-0.15, -0.1) is 5.92 Å². The number of ether oxygens (including phenoxy) is 1. The summed E-state index contributed by atoms with van der Waals surface area (Å²) in [5, 5.41) is 2.85. The number of nitrogens with two attached hydrogens (primary N) is 1. The lowest BCUT2D eigenvalue weighted by atomic mass is 10.2. The Labute approximate surface area is 148 Å². The number of nitrogens with zero attached hydrogens (tertiary/aromatic N) is 1. The number of pyridine rings is 1. The number of amides is 1. The predicted octanol–water partition coefficient (Wildman–Crippen LogP) is 3.08. The second-order valence-corrected chi connectivity index (χ2v) is 5.52. The van der Waals surface area contributed by atoms with Crippen LogP contribution in [0.25, 0.3) is 0 Å². The topological polar surface area (TPSA) is 77.2 Å². The molecule has 0 saturated heterocycles. The van der Waals surface area contributed by atoms with E-state index in [1.165, 1.54) is 0 Å². The molecule has 0 atom stereocenters. The molecule has 0 aliphatic carbocycles. The molecule has 3 N–H and O–H groups in total. The fourth-order valence-corrected chi connectivity index (χ4v) is 2.22. The summed E-state index contributed by atoms with van der Waals surface area (Å²) in [4.78, 5) is 16.3. The van der Waals surface area contributed by atoms with Crippen LogP contribution in [0.5, 0.6) is 5.75 Å². The van der Waals surface area contributed by atoms with Gasteiger partial charge in [0.05, 0.1) is 12.2 Å². The molecular weight excluding hydrogens is 314 g/mol. The minimum Gasteiger partial charge on any atom is -0.493 e. The molecule has 5 heteroatoms. The van der Waals surface area contributed by atoms with Crippen molar-refractivity contribution in [3.8, 4) is 17.6 Å². The summed E-state index contributed by atoms with van der Waals surface area (Å²) in [5.74, 6) is 6.81. The molecule has 1 amide bonds. The molecule has 0 bridgehead atoms. The van der Waals surface area contributed by atoms with Crippen LogP contribution < -0.4 is 15.8 Å². The molecule has 0 unspecified atom stereocenters. The normalized spacial score (nSPS) is 9.84. The van der Waals surface area contributed by atoms with Gasteiger partial charge in [-0.25, -0.2) is 4.98 Å². The Morgan fingerprint density at radius 2 is 2.12 bits per heavy atom. The zero-order valence-corrected chi connectivity index (χ0v) is 14.6. The van der Waals surface area contributed by atoms with Gasteiger partial charge in [0.15, 0.2) is 0 Å². The molecule has 2 aromatic rings. The third-order valence-corrected chi connectivity index (χ3v) is 3.46. The second-order valence-electron chi connectivity index (χ2n) is 5.52. The Bertz CT molecular complexity index is 791. The smallest absolute Gasteiger partial charge is 0.255 e. The summed E-state index contributed by atoms with van der Waals surface area (Å²) in [6.45, 7) is 4.79. The van der Waals surface area contributed by atoms with E-state index in [0.717, 1.165) is 23.4 Å². The molecular formula is C20H23N3O2. The van der Waals surface area contributed by atoms with Gasteiger partial charge < -0.3 is 15.8 Å². The lowest BCUT2D eigenvalue weighted by Gasteiger charge is -2.09. The first-order chi connectivity index (χ1) is 12.1. The van der Waals surface area contributed by atoms with E-state index in [1.54, 1.807) is 12.1 Å². The molecule has 1 aromatic carbocycles. The molecule has 0 fully saturated rings. The third-order valence-electron chi connectivity index (χ3n) is 3.46. The fourth-order valence-electron chi connectivity index (χ4n) is 2.22. The molecule has 0 radical (unpaired) electrons. The minimum absolute atomic E-state index is 0.239. The zero-order valence-electron chi connectivity index (χ0n) is 14.6. The SMILES string of the molecule is CCC#CCCOc1cccc(CNC(=O)c2ccc(C)nc2N)c1. The molecule has 0 aliphatic heterocycles. The molecule has 0 saturated carbocycles. The van der Waals surface area contributed by atoms with Gasteiger partial charge in [-0.05, 0) is 36.8 Å². The predicted molar refractivity (Wildman–Crippen MR) is 99.2 cm³/mol. The number of nitrogen functional groups attached to an aromatic ring is 1. The first-order valence-corrected chi connectivity index (χ1v) is 8.29. The number of anilines is 1. The number of carbonyl (C=O) groups is 1. The zero-order chi connectivity index (χ0) is 18.1. The summed E-state index contributed by atoms with van der Waals surface area (Å²) in [6, 6.07) is 11.1. The molecule has 25 heavy (non-hydrogen) atoms. The number of aromatic nitrogens is 1. The van der Waals surface area contributed by atoms with E-state index in [1.807, 2.05) is 38.1 Å². The molecule has 1 heterocycles. The van der Waals surface area contributed by atoms with E-state index in [4.69, 9.17) is 10.5 Å². The van der Waals surface area contributed by atoms with Crippen LogP contribution in [0.4, 0.5) is 5.82 Å². The molecule has 0 spiro atoms. The standard InChI is InChI=1S/C20H23N3O2/c1-3-4-5-6-12-25-17-9-7-8-16(13-17)14-22-20(24)18-11-10-15(2)23-19(18)21/h7-11,13H,3,6,12,14H2,1-2H3,(H2,21,23)(H,22,24). The Morgan fingerprint density at radius 3 is 2.88 bits per heavy atom. The van der Waals surface area contributed by atoms with Crippen molar-refractivity contribution in [1.29, 1.82) is 0 Å². The third kappa shape index (κ3) is 5.85. The first-order valence-electron chi connectivity index (χ1n) is 8.29. The van der Waals surface area contributed by atoms with E-state index < -0.39 is 0 Å². The van der Waals surface area contributed by atoms with Crippen LogP contribution in [-0.4, -0.2) is 17.5 Å². The summed E-state index contributed by atoms with van der Waals surface area (Å²) < 4.78 is 5.67. The van der Waals surface area contributed by atoms with Crippen LogP contribution in [-0.2, 0) is 6.54 Å². The van der Waals surface area contributed by atoms with E-state index in [9.17, 15) is 4.79 Å². The summed E-state index contributed by atoms with van der Waals surface area (Å²) >= 11 is 0. The number of carbonyl (C=O) groups excluding carboxylic acids is 1. The summed E-state index contributed by atoms with van der Waals surface area (Å²) in [6.07, 6.45) is 1.56. The van der Waals surface area contributed by atoms with Gasteiger partial charge in [0, 0.05) is 25.1 Å². The van der Waals surface area contributed by atoms with Crippen molar-refractivity contribution in [2.24, 2.45) is 0 Å². The molecule has 1 aromatic heterocycles. The Morgan fingerprint density at radius 1 is 1.28 bits per heavy atom. The van der Waals surface area contributed by atoms with Crippen molar-refractivity contribution >= 4 is 11.7 Å². The van der Waals surface area contributed by atoms with Crippen LogP contribution in [0.1, 0.15) is 41.4 Å². The second kappa shape index (κ2) is 9.33. The highest BCUT2D eigenvalue weighted by Gasteiger charge is 2.10. The van der Waals surface area contributed by atoms with Crippen molar-refractivity contribution in [1.82, 2.24) is 10.3 Å². The maximum absolute atomic E-state index is 12.2. The largest absolute Gasteiger partial charge is 0.493 e. The number of hydrogen-bond donors (Lipinski definition) is 2. The van der Waals surface area contributed by atoms with Gasteiger partial charge in [0.2, 0.25) is 0 Å². The lowest BCUT2D eigenvalue weighted by Crippen LogP contribution is -2.24.